The Balaban J connectivity index is 0.930. The zero-order valence-corrected chi connectivity index (χ0v) is 42.8. The predicted octanol–water partition coefficient (Wildman–Crippen LogP) is 15.3. The van der Waals surface area contributed by atoms with E-state index in [-0.39, 0.29) is 0 Å². The topological polar surface area (TPSA) is 9.86 Å². The predicted molar refractivity (Wildman–Crippen MR) is 321 cm³/mol. The molecule has 0 saturated heterocycles. The highest BCUT2D eigenvalue weighted by atomic mass is 28.3. The summed E-state index contributed by atoms with van der Waals surface area (Å²) in [6, 6.07) is 113. The third-order valence-corrected chi connectivity index (χ3v) is 21.4. The van der Waals surface area contributed by atoms with Crippen molar-refractivity contribution in [1.29, 1.82) is 0 Å². The third kappa shape index (κ3) is 6.33. The standard InChI is InChI=1S/C73H50N2Si/c1-6-24-51(25-7-1)73(52-26-8-2-9-27-52)65-39-19-16-35-63(65)71-61(37-22-40-66(71)73)62-38-23-43-69-72(62)64-36-18-21-42-68(64)75(69)54-46-49-60-59-34-17-20-41-67(59)74(70(60)50-54)53-44-47-58(48-45-53)76(55-28-10-3-11-29-55,56-30-12-4-13-31-56)57-32-14-5-15-33-57/h1-50H. The number of rotatable bonds is 9. The van der Waals surface area contributed by atoms with Gasteiger partial charge >= 0.3 is 0 Å². The van der Waals surface area contributed by atoms with Crippen LogP contribution in [0.25, 0.3) is 77.2 Å². The molecule has 0 aliphatic heterocycles. The van der Waals surface area contributed by atoms with Crippen LogP contribution >= 0.6 is 0 Å². The smallest absolute Gasteiger partial charge is 0.179 e. The number of benzene rings is 12. The summed E-state index contributed by atoms with van der Waals surface area (Å²) in [5, 5.41) is 10.4. The van der Waals surface area contributed by atoms with Crippen LogP contribution in [-0.4, -0.2) is 17.2 Å². The van der Waals surface area contributed by atoms with Crippen molar-refractivity contribution in [2.75, 3.05) is 0 Å². The van der Waals surface area contributed by atoms with E-state index in [0.717, 1.165) is 11.4 Å². The van der Waals surface area contributed by atoms with Crippen LogP contribution in [0.4, 0.5) is 0 Å². The minimum Gasteiger partial charge on any atom is -0.309 e. The van der Waals surface area contributed by atoms with Crippen LogP contribution in [0, 0.1) is 0 Å². The second kappa shape index (κ2) is 17.6. The second-order valence-electron chi connectivity index (χ2n) is 20.3. The Morgan fingerprint density at radius 1 is 0.263 bits per heavy atom. The highest BCUT2D eigenvalue weighted by Gasteiger charge is 2.47. The van der Waals surface area contributed by atoms with E-state index in [0.29, 0.717) is 0 Å². The Morgan fingerprint density at radius 2 is 0.684 bits per heavy atom. The number of aromatic nitrogens is 2. The molecule has 0 bridgehead atoms. The molecule has 15 rings (SSSR count). The molecule has 0 saturated carbocycles. The molecule has 0 amide bonds. The van der Waals surface area contributed by atoms with E-state index < -0.39 is 13.5 Å². The largest absolute Gasteiger partial charge is 0.309 e. The molecular weight excluding hydrogens is 933 g/mol. The summed E-state index contributed by atoms with van der Waals surface area (Å²) in [5.74, 6) is 0. The summed E-state index contributed by atoms with van der Waals surface area (Å²) in [4.78, 5) is 0. The first-order valence-electron chi connectivity index (χ1n) is 26.4. The molecule has 0 spiro atoms. The zero-order chi connectivity index (χ0) is 50.2. The van der Waals surface area contributed by atoms with Gasteiger partial charge in [0.25, 0.3) is 0 Å². The van der Waals surface area contributed by atoms with Gasteiger partial charge in [0.05, 0.1) is 27.5 Å². The molecular formula is C73H50N2Si. The van der Waals surface area contributed by atoms with Crippen LogP contribution in [0.15, 0.2) is 303 Å². The Hall–Kier alpha value is -9.54. The fourth-order valence-corrected chi connectivity index (χ4v) is 18.3. The van der Waals surface area contributed by atoms with Gasteiger partial charge in [-0.2, -0.15) is 0 Å². The molecule has 0 N–H and O–H groups in total. The van der Waals surface area contributed by atoms with Gasteiger partial charge in [-0.15, -0.1) is 0 Å². The molecule has 0 fully saturated rings. The first kappa shape index (κ1) is 44.0. The molecule has 12 aromatic carbocycles. The van der Waals surface area contributed by atoms with Crippen molar-refractivity contribution in [3.63, 3.8) is 0 Å². The summed E-state index contributed by atoms with van der Waals surface area (Å²) in [6.45, 7) is 0. The lowest BCUT2D eigenvalue weighted by atomic mass is 9.67. The molecule has 0 radical (unpaired) electrons. The highest BCUT2D eigenvalue weighted by Crippen LogP contribution is 2.59. The number of fused-ring (bicyclic) bond motifs is 9. The normalized spacial score (nSPS) is 12.8. The average Bonchev–Trinajstić information content (AvgIpc) is 4.22. The maximum atomic E-state index is 2.49. The lowest BCUT2D eigenvalue weighted by Crippen LogP contribution is -2.74. The number of hydrogen-bond acceptors (Lipinski definition) is 0. The maximum absolute atomic E-state index is 2.72. The van der Waals surface area contributed by atoms with Crippen LogP contribution in [0.5, 0.6) is 0 Å². The SMILES string of the molecule is c1ccc(C2(c3ccccc3)c3ccccc3-c3c(-c4cccc5c4c4ccccc4n5-c4ccc5c6ccccc6n(-c6ccc([Si](c7ccccc7)(c7ccccc7)c7ccccc7)cc6)c5c4)cccc32)cc1. The van der Waals surface area contributed by atoms with Crippen LogP contribution < -0.4 is 20.7 Å². The van der Waals surface area contributed by atoms with Gasteiger partial charge in [-0.05, 0) is 108 Å². The van der Waals surface area contributed by atoms with Crippen molar-refractivity contribution in [3.8, 4) is 33.6 Å². The summed E-state index contributed by atoms with van der Waals surface area (Å²) >= 11 is 0. The quantitative estimate of drug-likeness (QED) is 0.101. The third-order valence-electron chi connectivity index (χ3n) is 16.6. The van der Waals surface area contributed by atoms with E-state index in [2.05, 4.69) is 312 Å². The minimum absolute atomic E-state index is 0.489. The highest BCUT2D eigenvalue weighted by molar-refractivity contribution is 7.19. The van der Waals surface area contributed by atoms with E-state index in [1.165, 1.54) is 109 Å². The van der Waals surface area contributed by atoms with E-state index in [4.69, 9.17) is 0 Å². The summed E-state index contributed by atoms with van der Waals surface area (Å²) in [5.41, 5.74) is 16.7. The lowest BCUT2D eigenvalue weighted by Gasteiger charge is -2.34. The Labute approximate surface area is 443 Å². The molecule has 0 atom stereocenters. The van der Waals surface area contributed by atoms with Crippen LogP contribution in [-0.2, 0) is 5.41 Å². The molecule has 356 valence electrons. The van der Waals surface area contributed by atoms with Gasteiger partial charge in [-0.25, -0.2) is 0 Å². The number of para-hydroxylation sites is 2. The number of hydrogen-bond donors (Lipinski definition) is 0. The lowest BCUT2D eigenvalue weighted by molar-refractivity contribution is 0.768. The van der Waals surface area contributed by atoms with E-state index in [9.17, 15) is 0 Å². The molecule has 76 heavy (non-hydrogen) atoms. The van der Waals surface area contributed by atoms with Crippen LogP contribution in [0.1, 0.15) is 22.3 Å². The fourth-order valence-electron chi connectivity index (χ4n) is 13.5. The molecule has 3 heteroatoms. The van der Waals surface area contributed by atoms with Crippen molar-refractivity contribution in [3.05, 3.63) is 326 Å². The van der Waals surface area contributed by atoms with Gasteiger partial charge in [0.15, 0.2) is 8.07 Å². The molecule has 0 unspecified atom stereocenters. The van der Waals surface area contributed by atoms with E-state index >= 15 is 0 Å². The van der Waals surface area contributed by atoms with E-state index in [1.54, 1.807) is 0 Å². The summed E-state index contributed by atoms with van der Waals surface area (Å²) < 4.78 is 4.97. The Bertz CT molecular complexity index is 4350. The Morgan fingerprint density at radius 3 is 1.32 bits per heavy atom. The first-order chi connectivity index (χ1) is 37.7. The summed E-state index contributed by atoms with van der Waals surface area (Å²) in [6.07, 6.45) is 0. The van der Waals surface area contributed by atoms with Crippen molar-refractivity contribution in [2.45, 2.75) is 5.41 Å². The van der Waals surface area contributed by atoms with Gasteiger partial charge < -0.3 is 9.13 Å². The minimum atomic E-state index is -2.72. The molecule has 14 aromatic rings. The Kier molecular flexibility index (Phi) is 10.2. The van der Waals surface area contributed by atoms with Crippen LogP contribution in [0.2, 0.25) is 0 Å². The van der Waals surface area contributed by atoms with Gasteiger partial charge in [0.2, 0.25) is 0 Å². The van der Waals surface area contributed by atoms with Crippen molar-refractivity contribution >= 4 is 72.4 Å². The van der Waals surface area contributed by atoms with Crippen molar-refractivity contribution in [1.82, 2.24) is 9.13 Å². The van der Waals surface area contributed by atoms with Crippen molar-refractivity contribution < 1.29 is 0 Å². The van der Waals surface area contributed by atoms with Crippen LogP contribution in [0.3, 0.4) is 0 Å². The number of nitrogens with zero attached hydrogens (tertiary/aromatic N) is 2. The average molecular weight is 983 g/mol. The van der Waals surface area contributed by atoms with Gasteiger partial charge in [-0.3, -0.25) is 0 Å². The molecule has 2 heterocycles. The second-order valence-corrected chi connectivity index (χ2v) is 24.1. The van der Waals surface area contributed by atoms with Crippen molar-refractivity contribution in [2.24, 2.45) is 0 Å². The van der Waals surface area contributed by atoms with Gasteiger partial charge in [0.1, 0.15) is 0 Å². The zero-order valence-electron chi connectivity index (χ0n) is 41.8. The fraction of sp³-hybridized carbons (Fsp3) is 0.0137. The van der Waals surface area contributed by atoms with E-state index in [1.807, 2.05) is 0 Å². The summed E-state index contributed by atoms with van der Waals surface area (Å²) in [7, 11) is -2.72. The van der Waals surface area contributed by atoms with Gasteiger partial charge in [0, 0.05) is 32.9 Å². The molecule has 1 aliphatic carbocycles. The molecule has 2 nitrogen and oxygen atoms in total. The monoisotopic (exact) mass is 982 g/mol. The van der Waals surface area contributed by atoms with Gasteiger partial charge in [-0.1, -0.05) is 261 Å². The molecule has 1 aliphatic rings. The maximum Gasteiger partial charge on any atom is 0.179 e. The molecule has 2 aromatic heterocycles. The first-order valence-corrected chi connectivity index (χ1v) is 28.4.